The third-order valence-corrected chi connectivity index (χ3v) is 6.50. The minimum atomic E-state index is -3.76. The van der Waals surface area contributed by atoms with Gasteiger partial charge in [-0.25, -0.2) is 13.8 Å². The Hall–Kier alpha value is -4.38. The van der Waals surface area contributed by atoms with E-state index in [4.69, 9.17) is 9.47 Å². The minimum absolute atomic E-state index is 0.135. The van der Waals surface area contributed by atoms with Crippen LogP contribution in [-0.2, 0) is 19.6 Å². The van der Waals surface area contributed by atoms with Gasteiger partial charge in [-0.05, 0) is 54.4 Å². The molecule has 3 aromatic rings. The van der Waals surface area contributed by atoms with Crippen LogP contribution >= 0.6 is 0 Å². The molecule has 0 aliphatic carbocycles. The SMILES string of the molecule is COc1ccccc1N(CC(=O)NN=Cc1ccc(OCC(=O)N[C@H](C)c2ccccc2)cc1)S(C)(=O)=O. The molecule has 0 spiro atoms. The minimum Gasteiger partial charge on any atom is -0.495 e. The standard InChI is InChI=1S/C27H30N4O6S/c1-20(22-9-5-4-6-10-22)29-27(33)19-37-23-15-13-21(14-16-23)17-28-30-26(32)18-31(38(3,34)35)24-11-7-8-12-25(24)36-2/h4-17,20H,18-19H2,1-3H3,(H,29,33)(H,30,32)/t20-/m1/s1. The highest BCUT2D eigenvalue weighted by molar-refractivity contribution is 7.92. The Morgan fingerprint density at radius 1 is 0.974 bits per heavy atom. The molecule has 10 nitrogen and oxygen atoms in total. The number of amides is 2. The van der Waals surface area contributed by atoms with Gasteiger partial charge < -0.3 is 14.8 Å². The highest BCUT2D eigenvalue weighted by atomic mass is 32.2. The van der Waals surface area contributed by atoms with Crippen LogP contribution in [-0.4, -0.2) is 53.0 Å². The normalized spacial score (nSPS) is 12.0. The number of rotatable bonds is 12. The molecule has 38 heavy (non-hydrogen) atoms. The number of ether oxygens (including phenoxy) is 2. The lowest BCUT2D eigenvalue weighted by atomic mass is 10.1. The van der Waals surface area contributed by atoms with Crippen molar-refractivity contribution in [2.75, 3.05) is 30.8 Å². The van der Waals surface area contributed by atoms with E-state index in [1.54, 1.807) is 48.5 Å². The summed E-state index contributed by atoms with van der Waals surface area (Å²) in [4.78, 5) is 24.6. The summed E-state index contributed by atoms with van der Waals surface area (Å²) < 4.78 is 36.3. The first-order valence-electron chi connectivity index (χ1n) is 11.7. The summed E-state index contributed by atoms with van der Waals surface area (Å²) in [6, 6.07) is 22.7. The van der Waals surface area contributed by atoms with Crippen molar-refractivity contribution in [2.45, 2.75) is 13.0 Å². The maximum atomic E-state index is 12.4. The van der Waals surface area contributed by atoms with Gasteiger partial charge >= 0.3 is 0 Å². The fourth-order valence-corrected chi connectivity index (χ4v) is 4.33. The van der Waals surface area contributed by atoms with Gasteiger partial charge in [0.1, 0.15) is 18.0 Å². The maximum absolute atomic E-state index is 12.4. The molecule has 2 N–H and O–H groups in total. The summed E-state index contributed by atoms with van der Waals surface area (Å²) in [5.41, 5.74) is 4.23. The first-order chi connectivity index (χ1) is 18.2. The fourth-order valence-electron chi connectivity index (χ4n) is 3.47. The largest absolute Gasteiger partial charge is 0.495 e. The third-order valence-electron chi connectivity index (χ3n) is 5.37. The Labute approximate surface area is 222 Å². The van der Waals surface area contributed by atoms with Crippen LogP contribution in [0.3, 0.4) is 0 Å². The molecule has 0 radical (unpaired) electrons. The molecule has 2 amide bonds. The molecule has 0 bridgehead atoms. The van der Waals surface area contributed by atoms with Crippen molar-refractivity contribution in [3.63, 3.8) is 0 Å². The zero-order valence-electron chi connectivity index (χ0n) is 21.3. The Balaban J connectivity index is 1.50. The van der Waals surface area contributed by atoms with Crippen LogP contribution in [0.4, 0.5) is 5.69 Å². The van der Waals surface area contributed by atoms with Crippen molar-refractivity contribution < 1.29 is 27.5 Å². The van der Waals surface area contributed by atoms with Crippen LogP contribution in [0.2, 0.25) is 0 Å². The molecular formula is C27H30N4O6S. The molecule has 0 aliphatic rings. The van der Waals surface area contributed by atoms with Crippen LogP contribution in [0.25, 0.3) is 0 Å². The molecule has 0 saturated carbocycles. The lowest BCUT2D eigenvalue weighted by Crippen LogP contribution is -2.39. The van der Waals surface area contributed by atoms with Crippen LogP contribution in [0.15, 0.2) is 84.0 Å². The van der Waals surface area contributed by atoms with Gasteiger partial charge in [-0.15, -0.1) is 0 Å². The number of nitrogens with zero attached hydrogens (tertiary/aromatic N) is 2. The average Bonchev–Trinajstić information content (AvgIpc) is 2.91. The number of hydrazone groups is 1. The van der Waals surface area contributed by atoms with Gasteiger partial charge in [0.05, 0.1) is 31.3 Å². The van der Waals surface area contributed by atoms with Crippen LogP contribution in [0.1, 0.15) is 24.1 Å². The number of para-hydroxylation sites is 2. The fraction of sp³-hybridized carbons (Fsp3) is 0.222. The van der Waals surface area contributed by atoms with E-state index in [1.165, 1.54) is 13.3 Å². The topological polar surface area (TPSA) is 126 Å². The van der Waals surface area contributed by atoms with E-state index in [0.29, 0.717) is 17.1 Å². The Morgan fingerprint density at radius 3 is 2.29 bits per heavy atom. The summed E-state index contributed by atoms with van der Waals surface area (Å²) >= 11 is 0. The van der Waals surface area contributed by atoms with Crippen molar-refractivity contribution in [1.82, 2.24) is 10.7 Å². The van der Waals surface area contributed by atoms with E-state index in [1.807, 2.05) is 37.3 Å². The number of nitrogens with one attached hydrogen (secondary N) is 2. The average molecular weight is 539 g/mol. The number of hydrogen-bond donors (Lipinski definition) is 2. The van der Waals surface area contributed by atoms with Gasteiger partial charge in [-0.2, -0.15) is 5.10 Å². The Bertz CT molecular complexity index is 1360. The highest BCUT2D eigenvalue weighted by Crippen LogP contribution is 2.29. The van der Waals surface area contributed by atoms with Crippen molar-refractivity contribution in [2.24, 2.45) is 5.10 Å². The highest BCUT2D eigenvalue weighted by Gasteiger charge is 2.23. The molecular weight excluding hydrogens is 508 g/mol. The summed E-state index contributed by atoms with van der Waals surface area (Å²) in [5, 5.41) is 6.78. The molecule has 0 aromatic heterocycles. The first kappa shape index (κ1) is 28.2. The molecule has 0 unspecified atom stereocenters. The quantitative estimate of drug-likeness (QED) is 0.270. The molecule has 11 heteroatoms. The van der Waals surface area contributed by atoms with E-state index in [9.17, 15) is 18.0 Å². The molecule has 0 aliphatic heterocycles. The van der Waals surface area contributed by atoms with Gasteiger partial charge in [0.25, 0.3) is 11.8 Å². The van der Waals surface area contributed by atoms with E-state index in [-0.39, 0.29) is 24.2 Å². The lowest BCUT2D eigenvalue weighted by Gasteiger charge is -2.23. The number of sulfonamides is 1. The van der Waals surface area contributed by atoms with Crippen molar-refractivity contribution in [1.29, 1.82) is 0 Å². The summed E-state index contributed by atoms with van der Waals surface area (Å²) in [6.45, 7) is 1.29. The predicted molar refractivity (Wildman–Crippen MR) is 146 cm³/mol. The second-order valence-electron chi connectivity index (χ2n) is 8.29. The molecule has 0 heterocycles. The van der Waals surface area contributed by atoms with E-state index >= 15 is 0 Å². The van der Waals surface area contributed by atoms with Crippen molar-refractivity contribution in [3.05, 3.63) is 90.0 Å². The van der Waals surface area contributed by atoms with Crippen LogP contribution in [0, 0.1) is 0 Å². The number of benzene rings is 3. The van der Waals surface area contributed by atoms with E-state index < -0.39 is 22.5 Å². The van der Waals surface area contributed by atoms with Gasteiger partial charge in [0, 0.05) is 0 Å². The van der Waals surface area contributed by atoms with Gasteiger partial charge in [0.2, 0.25) is 10.0 Å². The monoisotopic (exact) mass is 538 g/mol. The lowest BCUT2D eigenvalue weighted by molar-refractivity contribution is -0.123. The molecule has 3 rings (SSSR count). The zero-order valence-corrected chi connectivity index (χ0v) is 22.1. The Kier molecular flexibility index (Phi) is 9.83. The third kappa shape index (κ3) is 8.34. The van der Waals surface area contributed by atoms with Crippen LogP contribution in [0.5, 0.6) is 11.5 Å². The predicted octanol–water partition coefficient (Wildman–Crippen LogP) is 2.87. The summed E-state index contributed by atoms with van der Waals surface area (Å²) in [6.07, 6.45) is 2.41. The number of anilines is 1. The van der Waals surface area contributed by atoms with E-state index in [0.717, 1.165) is 16.1 Å². The second kappa shape index (κ2) is 13.2. The molecule has 0 fully saturated rings. The van der Waals surface area contributed by atoms with E-state index in [2.05, 4.69) is 15.8 Å². The molecule has 0 saturated heterocycles. The number of carbonyl (C=O) groups is 2. The number of methoxy groups -OCH3 is 1. The van der Waals surface area contributed by atoms with Gasteiger partial charge in [0.15, 0.2) is 6.61 Å². The number of hydrogen-bond acceptors (Lipinski definition) is 7. The van der Waals surface area contributed by atoms with Crippen LogP contribution < -0.4 is 24.5 Å². The van der Waals surface area contributed by atoms with Gasteiger partial charge in [-0.3, -0.25) is 13.9 Å². The van der Waals surface area contributed by atoms with Crippen molar-refractivity contribution >= 4 is 33.7 Å². The summed E-state index contributed by atoms with van der Waals surface area (Å²) in [5.74, 6) is -0.0618. The Morgan fingerprint density at radius 2 is 1.63 bits per heavy atom. The smallest absolute Gasteiger partial charge is 0.260 e. The molecule has 200 valence electrons. The van der Waals surface area contributed by atoms with Gasteiger partial charge in [-0.1, -0.05) is 42.5 Å². The molecule has 1 atom stereocenters. The maximum Gasteiger partial charge on any atom is 0.260 e. The summed E-state index contributed by atoms with van der Waals surface area (Å²) in [7, 11) is -2.34. The zero-order chi connectivity index (χ0) is 27.5. The first-order valence-corrected chi connectivity index (χ1v) is 13.5. The number of carbonyl (C=O) groups excluding carboxylic acids is 2. The van der Waals surface area contributed by atoms with Crippen molar-refractivity contribution in [3.8, 4) is 11.5 Å². The second-order valence-corrected chi connectivity index (χ2v) is 10.2. The molecule has 3 aromatic carbocycles.